The average molecular weight is 482 g/mol. The van der Waals surface area contributed by atoms with E-state index in [0.29, 0.717) is 31.5 Å². The van der Waals surface area contributed by atoms with Crippen molar-refractivity contribution in [1.29, 1.82) is 10.5 Å². The van der Waals surface area contributed by atoms with Crippen molar-refractivity contribution in [3.05, 3.63) is 74.4 Å². The van der Waals surface area contributed by atoms with E-state index in [2.05, 4.69) is 17.5 Å². The number of nitrogens with two attached hydrogens (primary N) is 1. The van der Waals surface area contributed by atoms with Gasteiger partial charge in [0.15, 0.2) is 0 Å². The lowest BCUT2D eigenvalue weighted by Crippen LogP contribution is -2.38. The molecule has 0 fully saturated rings. The number of nitrogens with zero attached hydrogens (tertiary/aromatic N) is 4. The van der Waals surface area contributed by atoms with Crippen LogP contribution in [0, 0.1) is 32.8 Å². The zero-order chi connectivity index (χ0) is 25.1. The number of nitro benzene ring substituents is 1. The van der Waals surface area contributed by atoms with Crippen LogP contribution in [0.5, 0.6) is 0 Å². The molecule has 2 aromatic carbocycles. The van der Waals surface area contributed by atoms with Crippen molar-refractivity contribution in [2.45, 2.75) is 12.8 Å². The second-order valence-electron chi connectivity index (χ2n) is 6.80. The summed E-state index contributed by atoms with van der Waals surface area (Å²) in [6.45, 7) is 0.905. The highest BCUT2D eigenvalue weighted by atomic mass is 35.5. The summed E-state index contributed by atoms with van der Waals surface area (Å²) in [5.41, 5.74) is 2.50. The van der Waals surface area contributed by atoms with Crippen molar-refractivity contribution in [1.82, 2.24) is 10.7 Å². The summed E-state index contributed by atoms with van der Waals surface area (Å²) in [5.74, 6) is 3.59. The van der Waals surface area contributed by atoms with Gasteiger partial charge < -0.3 is 10.2 Å². The van der Waals surface area contributed by atoms with Gasteiger partial charge in [0.1, 0.15) is 5.70 Å². The molecule has 2 amide bonds. The van der Waals surface area contributed by atoms with Crippen LogP contribution in [0.15, 0.2) is 48.2 Å². The highest BCUT2D eigenvalue weighted by molar-refractivity contribution is 6.34. The molecule has 0 radical (unpaired) electrons. The summed E-state index contributed by atoms with van der Waals surface area (Å²) in [6.07, 6.45) is 1.95. The Morgan fingerprint density at radius 1 is 1.12 bits per heavy atom. The minimum Gasteiger partial charge on any atom is -0.369 e. The molecule has 0 unspecified atom stereocenters. The minimum absolute atomic E-state index is 0.0326. The van der Waals surface area contributed by atoms with E-state index in [9.17, 15) is 19.7 Å². The molecule has 0 aliphatic carbocycles. The Kier molecular flexibility index (Phi) is 9.53. The molecular weight excluding hydrogens is 462 g/mol. The van der Waals surface area contributed by atoms with Gasteiger partial charge in [0.25, 0.3) is 17.5 Å². The molecule has 0 heterocycles. The topological polar surface area (TPSA) is 178 Å². The van der Waals surface area contributed by atoms with Crippen LogP contribution in [-0.2, 0) is 4.79 Å². The number of anilines is 1. The molecule has 2 aromatic rings. The Balaban J connectivity index is 2.30. The molecule has 0 aliphatic heterocycles. The second-order valence-corrected chi connectivity index (χ2v) is 7.21. The molecule has 0 atom stereocenters. The third kappa shape index (κ3) is 7.03. The number of nitro groups is 1. The summed E-state index contributed by atoms with van der Waals surface area (Å²) >= 11 is 6.00. The normalized spacial score (nSPS) is 10.5. The Labute approximate surface area is 200 Å². The highest BCUT2D eigenvalue weighted by Gasteiger charge is 2.19. The number of hydrogen-bond acceptors (Lipinski definition) is 8. The fourth-order valence-corrected chi connectivity index (χ4v) is 3.12. The van der Waals surface area contributed by atoms with E-state index in [4.69, 9.17) is 28.0 Å². The van der Waals surface area contributed by atoms with E-state index >= 15 is 0 Å². The number of carbonyl (C=O) groups excluding carboxylic acids is 2. The fourth-order valence-electron chi connectivity index (χ4n) is 2.91. The fraction of sp³-hybridized carbons (Fsp3) is 0.182. The predicted molar refractivity (Wildman–Crippen MR) is 125 cm³/mol. The Morgan fingerprint density at radius 3 is 2.26 bits per heavy atom. The van der Waals surface area contributed by atoms with E-state index in [1.807, 2.05) is 10.3 Å². The lowest BCUT2D eigenvalue weighted by atomic mass is 10.1. The van der Waals surface area contributed by atoms with Crippen LogP contribution in [0.3, 0.4) is 0 Å². The molecule has 174 valence electrons. The number of hydrazine groups is 1. The van der Waals surface area contributed by atoms with E-state index in [0.717, 1.165) is 17.8 Å². The van der Waals surface area contributed by atoms with Crippen molar-refractivity contribution in [3.8, 4) is 12.1 Å². The largest absolute Gasteiger partial charge is 0.369 e. The number of amides is 2. The second kappa shape index (κ2) is 12.6. The van der Waals surface area contributed by atoms with Crippen LogP contribution >= 0.6 is 11.6 Å². The lowest BCUT2D eigenvalue weighted by molar-refractivity contribution is -0.384. The van der Waals surface area contributed by atoms with Gasteiger partial charge in [0.2, 0.25) is 0 Å². The van der Waals surface area contributed by atoms with Gasteiger partial charge in [0.05, 0.1) is 40.5 Å². The summed E-state index contributed by atoms with van der Waals surface area (Å²) in [7, 11) is 0. The zero-order valence-electron chi connectivity index (χ0n) is 17.8. The maximum atomic E-state index is 12.7. The van der Waals surface area contributed by atoms with Gasteiger partial charge in [-0.3, -0.25) is 25.1 Å². The van der Waals surface area contributed by atoms with Crippen molar-refractivity contribution >= 4 is 40.9 Å². The molecule has 12 heteroatoms. The van der Waals surface area contributed by atoms with Gasteiger partial charge in [-0.2, -0.15) is 10.5 Å². The summed E-state index contributed by atoms with van der Waals surface area (Å²) in [5, 5.41) is 31.0. The standard InChI is InChI=1S/C22H20ClN7O4/c23-19-8-7-17(30(33)34)14-18(19)21(31)27-20(22(32)28-26)13-15-3-5-16(6-4-15)29(11-1-9-24)12-2-10-25/h3-8,13-14H,1-2,11-12,26H2,(H,27,31)(H,28,32)/b20-13+. The molecule has 11 nitrogen and oxygen atoms in total. The molecule has 0 saturated heterocycles. The third-order valence-electron chi connectivity index (χ3n) is 4.59. The Bertz CT molecular complexity index is 1170. The number of benzene rings is 2. The first-order valence-corrected chi connectivity index (χ1v) is 10.2. The summed E-state index contributed by atoms with van der Waals surface area (Å²) < 4.78 is 0. The molecule has 0 saturated carbocycles. The van der Waals surface area contributed by atoms with Crippen LogP contribution in [0.1, 0.15) is 28.8 Å². The lowest BCUT2D eigenvalue weighted by Gasteiger charge is -2.22. The van der Waals surface area contributed by atoms with Crippen LogP contribution in [-0.4, -0.2) is 29.8 Å². The van der Waals surface area contributed by atoms with Crippen LogP contribution in [0.4, 0.5) is 11.4 Å². The van der Waals surface area contributed by atoms with Gasteiger partial charge in [0, 0.05) is 30.9 Å². The molecule has 0 aromatic heterocycles. The predicted octanol–water partition coefficient (Wildman–Crippen LogP) is 2.64. The van der Waals surface area contributed by atoms with E-state index < -0.39 is 16.7 Å². The molecule has 0 spiro atoms. The molecule has 4 N–H and O–H groups in total. The van der Waals surface area contributed by atoms with Crippen molar-refractivity contribution in [2.75, 3.05) is 18.0 Å². The number of nitrogens with one attached hydrogen (secondary N) is 2. The van der Waals surface area contributed by atoms with E-state index in [1.165, 1.54) is 12.1 Å². The van der Waals surface area contributed by atoms with Crippen molar-refractivity contribution < 1.29 is 14.5 Å². The summed E-state index contributed by atoms with van der Waals surface area (Å²) in [4.78, 5) is 37.1. The first kappa shape index (κ1) is 25.8. The Morgan fingerprint density at radius 2 is 1.74 bits per heavy atom. The maximum absolute atomic E-state index is 12.7. The van der Waals surface area contributed by atoms with Crippen molar-refractivity contribution in [2.24, 2.45) is 5.84 Å². The number of halogens is 1. The number of hydrogen-bond donors (Lipinski definition) is 3. The number of non-ortho nitro benzene ring substituents is 1. The first-order chi connectivity index (χ1) is 16.3. The highest BCUT2D eigenvalue weighted by Crippen LogP contribution is 2.23. The Hall–Kier alpha value is -4.45. The van der Waals surface area contributed by atoms with Crippen LogP contribution in [0.2, 0.25) is 5.02 Å². The monoisotopic (exact) mass is 481 g/mol. The van der Waals surface area contributed by atoms with Gasteiger partial charge >= 0.3 is 0 Å². The number of rotatable bonds is 10. The van der Waals surface area contributed by atoms with E-state index in [-0.39, 0.29) is 22.0 Å². The van der Waals surface area contributed by atoms with Gasteiger partial charge in [-0.1, -0.05) is 23.7 Å². The van der Waals surface area contributed by atoms with Gasteiger partial charge in [-0.15, -0.1) is 0 Å². The van der Waals surface area contributed by atoms with E-state index in [1.54, 1.807) is 24.3 Å². The maximum Gasteiger partial charge on any atom is 0.281 e. The van der Waals surface area contributed by atoms with Gasteiger partial charge in [-0.05, 0) is 29.8 Å². The molecule has 2 rings (SSSR count). The average Bonchev–Trinajstić information content (AvgIpc) is 2.83. The SMILES string of the molecule is N#CCCN(CCC#N)c1ccc(/C=C(/NC(=O)c2cc([N+](=O)[O-])ccc2Cl)C(=O)NN)cc1. The molecule has 0 bridgehead atoms. The molecular formula is C22H20ClN7O4. The smallest absolute Gasteiger partial charge is 0.281 e. The molecule has 0 aliphatic rings. The zero-order valence-corrected chi connectivity index (χ0v) is 18.6. The van der Waals surface area contributed by atoms with Crippen LogP contribution < -0.4 is 21.5 Å². The van der Waals surface area contributed by atoms with Crippen molar-refractivity contribution in [3.63, 3.8) is 0 Å². The summed E-state index contributed by atoms with van der Waals surface area (Å²) in [6, 6.07) is 14.4. The number of carbonyl (C=O) groups is 2. The van der Waals surface area contributed by atoms with Crippen LogP contribution in [0.25, 0.3) is 6.08 Å². The number of nitriles is 2. The minimum atomic E-state index is -0.834. The quantitative estimate of drug-likeness (QED) is 0.152. The molecule has 34 heavy (non-hydrogen) atoms. The van der Waals surface area contributed by atoms with Gasteiger partial charge in [-0.25, -0.2) is 5.84 Å². The third-order valence-corrected chi connectivity index (χ3v) is 4.92. The first-order valence-electron chi connectivity index (χ1n) is 9.87.